The number of rotatable bonds is 4. The van der Waals surface area contributed by atoms with Crippen LogP contribution in [0.1, 0.15) is 40.0 Å². The molecule has 1 fully saturated rings. The van der Waals surface area contributed by atoms with Crippen molar-refractivity contribution in [3.8, 4) is 0 Å². The summed E-state index contributed by atoms with van der Waals surface area (Å²) in [6, 6.07) is 0. The van der Waals surface area contributed by atoms with Crippen molar-refractivity contribution in [1.82, 2.24) is 0 Å². The third-order valence-corrected chi connectivity index (χ3v) is 3.04. The highest BCUT2D eigenvalue weighted by Crippen LogP contribution is 2.35. The molecule has 3 heteroatoms. The summed E-state index contributed by atoms with van der Waals surface area (Å²) < 4.78 is 5.83. The van der Waals surface area contributed by atoms with Gasteiger partial charge in [-0.3, -0.25) is 0 Å². The van der Waals surface area contributed by atoms with Crippen LogP contribution in [0.2, 0.25) is 0 Å². The van der Waals surface area contributed by atoms with Crippen molar-refractivity contribution in [2.45, 2.75) is 51.7 Å². The summed E-state index contributed by atoms with van der Waals surface area (Å²) in [4.78, 5) is 0. The average Bonchev–Trinajstić information content (AvgIpc) is 2.45. The Labute approximate surface area is 86.1 Å². The summed E-state index contributed by atoms with van der Waals surface area (Å²) in [5.41, 5.74) is -0.429. The summed E-state index contributed by atoms with van der Waals surface area (Å²) in [5.74, 6) is 0. The third kappa shape index (κ3) is 2.94. The minimum Gasteiger partial charge on any atom is -0.396 e. The molecule has 0 aliphatic carbocycles. The van der Waals surface area contributed by atoms with E-state index in [2.05, 4.69) is 13.8 Å². The van der Waals surface area contributed by atoms with Crippen molar-refractivity contribution in [2.24, 2.45) is 5.41 Å². The Morgan fingerprint density at radius 3 is 2.29 bits per heavy atom. The number of ether oxygens (including phenoxy) is 1. The highest BCUT2D eigenvalue weighted by Gasteiger charge is 2.36. The average molecular weight is 202 g/mol. The van der Waals surface area contributed by atoms with Crippen LogP contribution in [0.15, 0.2) is 0 Å². The number of aliphatic hydroxyl groups is 2. The van der Waals surface area contributed by atoms with Gasteiger partial charge in [0.25, 0.3) is 0 Å². The Hall–Kier alpha value is -0.120. The zero-order valence-corrected chi connectivity index (χ0v) is 9.42. The maximum absolute atomic E-state index is 9.16. The molecule has 14 heavy (non-hydrogen) atoms. The second-order valence-corrected chi connectivity index (χ2v) is 5.37. The molecule has 1 aliphatic heterocycles. The van der Waals surface area contributed by atoms with Crippen LogP contribution in [0.5, 0.6) is 0 Å². The summed E-state index contributed by atoms with van der Waals surface area (Å²) in [6.45, 7) is 6.10. The standard InChI is InChI=1S/C11H22O3/c1-10(2)5-4-9(14-10)6-11(3,7-12)8-13/h9,12-13H,4-8H2,1-3H3. The van der Waals surface area contributed by atoms with Crippen LogP contribution in [0.4, 0.5) is 0 Å². The van der Waals surface area contributed by atoms with Gasteiger partial charge in [0.15, 0.2) is 0 Å². The molecule has 3 nitrogen and oxygen atoms in total. The van der Waals surface area contributed by atoms with E-state index in [0.29, 0.717) is 0 Å². The third-order valence-electron chi connectivity index (χ3n) is 3.04. The van der Waals surface area contributed by atoms with Crippen molar-refractivity contribution < 1.29 is 14.9 Å². The van der Waals surface area contributed by atoms with E-state index in [-0.39, 0.29) is 24.9 Å². The molecule has 0 aromatic heterocycles. The molecule has 84 valence electrons. The van der Waals surface area contributed by atoms with Crippen LogP contribution >= 0.6 is 0 Å². The van der Waals surface area contributed by atoms with Gasteiger partial charge in [0.1, 0.15) is 0 Å². The second kappa shape index (κ2) is 4.17. The molecule has 0 aromatic carbocycles. The lowest BCUT2D eigenvalue weighted by atomic mass is 9.85. The summed E-state index contributed by atoms with van der Waals surface area (Å²) >= 11 is 0. The molecule has 1 atom stereocenters. The zero-order valence-electron chi connectivity index (χ0n) is 9.42. The zero-order chi connectivity index (χ0) is 10.8. The maximum Gasteiger partial charge on any atom is 0.0631 e. The lowest BCUT2D eigenvalue weighted by Gasteiger charge is -2.28. The van der Waals surface area contributed by atoms with E-state index in [9.17, 15) is 0 Å². The number of hydrogen-bond acceptors (Lipinski definition) is 3. The van der Waals surface area contributed by atoms with Crippen molar-refractivity contribution in [1.29, 1.82) is 0 Å². The molecule has 0 amide bonds. The van der Waals surface area contributed by atoms with E-state index in [1.807, 2.05) is 6.92 Å². The monoisotopic (exact) mass is 202 g/mol. The fourth-order valence-electron chi connectivity index (χ4n) is 1.95. The van der Waals surface area contributed by atoms with E-state index in [4.69, 9.17) is 14.9 Å². The van der Waals surface area contributed by atoms with Gasteiger partial charge in [0.2, 0.25) is 0 Å². The molecule has 1 unspecified atom stereocenters. The Morgan fingerprint density at radius 2 is 1.93 bits per heavy atom. The van der Waals surface area contributed by atoms with Gasteiger partial charge in [0.05, 0.1) is 24.9 Å². The molecule has 1 heterocycles. The minimum absolute atomic E-state index is 0.0176. The molecule has 1 aliphatic rings. The smallest absolute Gasteiger partial charge is 0.0631 e. The van der Waals surface area contributed by atoms with Crippen LogP contribution < -0.4 is 0 Å². The summed E-state index contributed by atoms with van der Waals surface area (Å²) in [7, 11) is 0. The Kier molecular flexibility index (Phi) is 3.56. The van der Waals surface area contributed by atoms with Crippen LogP contribution in [-0.4, -0.2) is 35.1 Å². The lowest BCUT2D eigenvalue weighted by molar-refractivity contribution is -0.0506. The summed E-state index contributed by atoms with van der Waals surface area (Å²) in [5, 5.41) is 18.3. The van der Waals surface area contributed by atoms with Gasteiger partial charge in [0, 0.05) is 5.41 Å². The molecule has 0 spiro atoms. The van der Waals surface area contributed by atoms with E-state index in [1.165, 1.54) is 0 Å². The first kappa shape index (κ1) is 12.0. The topological polar surface area (TPSA) is 49.7 Å². The van der Waals surface area contributed by atoms with Gasteiger partial charge in [-0.25, -0.2) is 0 Å². The molecule has 0 radical (unpaired) electrons. The SMILES string of the molecule is CC(CO)(CO)CC1CCC(C)(C)O1. The lowest BCUT2D eigenvalue weighted by Crippen LogP contribution is -2.32. The molecular formula is C11H22O3. The fraction of sp³-hybridized carbons (Fsp3) is 1.00. The molecule has 2 N–H and O–H groups in total. The van der Waals surface area contributed by atoms with Gasteiger partial charge in [-0.1, -0.05) is 6.92 Å². The van der Waals surface area contributed by atoms with Gasteiger partial charge in [-0.15, -0.1) is 0 Å². The first-order valence-corrected chi connectivity index (χ1v) is 5.30. The largest absolute Gasteiger partial charge is 0.396 e. The highest BCUT2D eigenvalue weighted by molar-refractivity contribution is 4.85. The molecule has 0 bridgehead atoms. The van der Waals surface area contributed by atoms with Crippen molar-refractivity contribution >= 4 is 0 Å². The van der Waals surface area contributed by atoms with E-state index >= 15 is 0 Å². The van der Waals surface area contributed by atoms with Crippen LogP contribution in [0.25, 0.3) is 0 Å². The predicted octanol–water partition coefficient (Wildman–Crippen LogP) is 1.32. The number of hydrogen-bond donors (Lipinski definition) is 2. The second-order valence-electron chi connectivity index (χ2n) is 5.37. The maximum atomic E-state index is 9.16. The van der Waals surface area contributed by atoms with Gasteiger partial charge >= 0.3 is 0 Å². The normalized spacial score (nSPS) is 26.8. The van der Waals surface area contributed by atoms with Gasteiger partial charge in [-0.05, 0) is 33.1 Å². The Bertz CT molecular complexity index is 185. The Morgan fingerprint density at radius 1 is 1.36 bits per heavy atom. The molecule has 1 saturated heterocycles. The van der Waals surface area contributed by atoms with E-state index < -0.39 is 5.41 Å². The van der Waals surface area contributed by atoms with Crippen LogP contribution in [0.3, 0.4) is 0 Å². The predicted molar refractivity (Wildman–Crippen MR) is 55.1 cm³/mol. The first-order chi connectivity index (χ1) is 6.41. The van der Waals surface area contributed by atoms with Gasteiger partial charge < -0.3 is 14.9 Å². The molecular weight excluding hydrogens is 180 g/mol. The fourth-order valence-corrected chi connectivity index (χ4v) is 1.95. The number of aliphatic hydroxyl groups excluding tert-OH is 2. The molecule has 1 rings (SSSR count). The molecule has 0 saturated carbocycles. The quantitative estimate of drug-likeness (QED) is 0.723. The van der Waals surface area contributed by atoms with E-state index in [1.54, 1.807) is 0 Å². The van der Waals surface area contributed by atoms with Crippen LogP contribution in [0, 0.1) is 5.41 Å². The van der Waals surface area contributed by atoms with Crippen molar-refractivity contribution in [3.05, 3.63) is 0 Å². The van der Waals surface area contributed by atoms with Crippen molar-refractivity contribution in [2.75, 3.05) is 13.2 Å². The van der Waals surface area contributed by atoms with Crippen molar-refractivity contribution in [3.63, 3.8) is 0 Å². The minimum atomic E-state index is -0.398. The Balaban J connectivity index is 2.46. The highest BCUT2D eigenvalue weighted by atomic mass is 16.5. The van der Waals surface area contributed by atoms with Gasteiger partial charge in [-0.2, -0.15) is 0 Å². The summed E-state index contributed by atoms with van der Waals surface area (Å²) in [6.07, 6.45) is 3.02. The van der Waals surface area contributed by atoms with Crippen LogP contribution in [-0.2, 0) is 4.74 Å². The van der Waals surface area contributed by atoms with E-state index in [0.717, 1.165) is 19.3 Å². The first-order valence-electron chi connectivity index (χ1n) is 5.30. The molecule has 0 aromatic rings.